The number of hydrogen-bond acceptors (Lipinski definition) is 3. The van der Waals surface area contributed by atoms with Crippen molar-refractivity contribution in [3.8, 4) is 0 Å². The van der Waals surface area contributed by atoms with E-state index < -0.39 is 0 Å². The zero-order valence-corrected chi connectivity index (χ0v) is 13.4. The first-order chi connectivity index (χ1) is 9.14. The number of nitrogens with zero attached hydrogens (tertiary/aromatic N) is 1. The van der Waals surface area contributed by atoms with E-state index in [1.165, 1.54) is 12.8 Å². The molecule has 3 nitrogen and oxygen atoms in total. The molecule has 0 spiro atoms. The third-order valence-electron chi connectivity index (χ3n) is 3.89. The zero-order valence-electron chi connectivity index (χ0n) is 11.8. The van der Waals surface area contributed by atoms with Gasteiger partial charge in [0.1, 0.15) is 0 Å². The third kappa shape index (κ3) is 4.01. The van der Waals surface area contributed by atoms with Gasteiger partial charge in [-0.05, 0) is 60.8 Å². The summed E-state index contributed by atoms with van der Waals surface area (Å²) in [6.45, 7) is 6.22. The van der Waals surface area contributed by atoms with Gasteiger partial charge in [0.05, 0.1) is 5.60 Å². The number of nitrogens with one attached hydrogen (secondary N) is 1. The first-order valence-electron chi connectivity index (χ1n) is 7.12. The van der Waals surface area contributed by atoms with Crippen molar-refractivity contribution in [2.75, 3.05) is 13.2 Å². The summed E-state index contributed by atoms with van der Waals surface area (Å²) >= 11 is 3.43. The third-order valence-corrected chi connectivity index (χ3v) is 4.36. The molecule has 1 N–H and O–H groups in total. The van der Waals surface area contributed by atoms with Gasteiger partial charge in [-0.1, -0.05) is 6.92 Å². The van der Waals surface area contributed by atoms with E-state index in [4.69, 9.17) is 4.74 Å². The molecule has 0 saturated carbocycles. The predicted molar refractivity (Wildman–Crippen MR) is 81.3 cm³/mol. The van der Waals surface area contributed by atoms with E-state index in [-0.39, 0.29) is 5.60 Å². The predicted octanol–water partition coefficient (Wildman–Crippen LogP) is 3.32. The number of ether oxygens (including phenoxy) is 1. The quantitative estimate of drug-likeness (QED) is 0.901. The van der Waals surface area contributed by atoms with E-state index in [0.29, 0.717) is 6.04 Å². The van der Waals surface area contributed by atoms with E-state index in [1.807, 2.05) is 6.20 Å². The maximum Gasteiger partial charge on any atom is 0.0810 e. The molecule has 1 saturated heterocycles. The number of halogens is 1. The van der Waals surface area contributed by atoms with Crippen molar-refractivity contribution in [1.82, 2.24) is 10.3 Å². The van der Waals surface area contributed by atoms with Crippen LogP contribution in [0.3, 0.4) is 0 Å². The summed E-state index contributed by atoms with van der Waals surface area (Å²) in [4.78, 5) is 4.48. The van der Waals surface area contributed by atoms with Crippen molar-refractivity contribution in [2.24, 2.45) is 0 Å². The number of rotatable bonds is 5. The van der Waals surface area contributed by atoms with Gasteiger partial charge in [-0.2, -0.15) is 0 Å². The van der Waals surface area contributed by atoms with Crippen LogP contribution in [0.5, 0.6) is 0 Å². The molecule has 106 valence electrons. The minimum absolute atomic E-state index is 0.0665. The summed E-state index contributed by atoms with van der Waals surface area (Å²) in [5, 5.41) is 3.58. The van der Waals surface area contributed by atoms with Crippen LogP contribution in [0, 0.1) is 0 Å². The molecule has 1 aromatic heterocycles. The lowest BCUT2D eigenvalue weighted by atomic mass is 9.85. The van der Waals surface area contributed by atoms with E-state index in [1.54, 1.807) is 0 Å². The van der Waals surface area contributed by atoms with Gasteiger partial charge in [0.25, 0.3) is 0 Å². The van der Waals surface area contributed by atoms with Crippen LogP contribution in [-0.2, 0) is 11.2 Å². The van der Waals surface area contributed by atoms with Crippen LogP contribution in [0.1, 0.15) is 38.8 Å². The van der Waals surface area contributed by atoms with E-state index in [2.05, 4.69) is 52.2 Å². The monoisotopic (exact) mass is 326 g/mol. The van der Waals surface area contributed by atoms with Crippen molar-refractivity contribution in [3.05, 3.63) is 28.5 Å². The van der Waals surface area contributed by atoms with Gasteiger partial charge in [0.15, 0.2) is 0 Å². The molecule has 0 aromatic carbocycles. The lowest BCUT2D eigenvalue weighted by Crippen LogP contribution is -2.53. The van der Waals surface area contributed by atoms with Gasteiger partial charge in [0.2, 0.25) is 0 Å². The van der Waals surface area contributed by atoms with Crippen LogP contribution in [0.15, 0.2) is 22.8 Å². The largest absolute Gasteiger partial charge is 0.374 e. The standard InChI is InChI=1S/C15H23BrN2O/c1-3-17-14(15(2)8-4-5-9-19-15)10-13-7-6-12(16)11-18-13/h6-7,11,14,17H,3-5,8-10H2,1-2H3. The molecule has 1 aliphatic heterocycles. The van der Waals surface area contributed by atoms with Gasteiger partial charge in [-0.3, -0.25) is 4.98 Å². The molecule has 0 bridgehead atoms. The first-order valence-corrected chi connectivity index (χ1v) is 7.91. The summed E-state index contributed by atoms with van der Waals surface area (Å²) < 4.78 is 7.10. The molecular weight excluding hydrogens is 304 g/mol. The Balaban J connectivity index is 2.08. The zero-order chi connectivity index (χ0) is 13.7. The normalized spacial score (nSPS) is 25.2. The Morgan fingerprint density at radius 3 is 2.89 bits per heavy atom. The highest BCUT2D eigenvalue weighted by Crippen LogP contribution is 2.29. The molecule has 19 heavy (non-hydrogen) atoms. The van der Waals surface area contributed by atoms with E-state index in [0.717, 1.165) is 36.2 Å². The van der Waals surface area contributed by atoms with Gasteiger partial charge >= 0.3 is 0 Å². The number of hydrogen-bond donors (Lipinski definition) is 1. The second kappa shape index (κ2) is 6.82. The number of aromatic nitrogens is 1. The van der Waals surface area contributed by atoms with Crippen LogP contribution in [0.2, 0.25) is 0 Å². The Bertz CT molecular complexity index is 388. The molecule has 2 rings (SSSR count). The number of likely N-dealkylation sites (N-methyl/N-ethyl adjacent to an activating group) is 1. The maximum atomic E-state index is 6.08. The molecule has 2 atom stereocenters. The molecule has 0 radical (unpaired) electrons. The Kier molecular flexibility index (Phi) is 5.37. The molecule has 4 heteroatoms. The Morgan fingerprint density at radius 2 is 2.32 bits per heavy atom. The Labute approximate surface area is 124 Å². The minimum Gasteiger partial charge on any atom is -0.374 e. The molecule has 1 aromatic rings. The van der Waals surface area contributed by atoms with Crippen LogP contribution in [0.4, 0.5) is 0 Å². The highest BCUT2D eigenvalue weighted by molar-refractivity contribution is 9.10. The average Bonchev–Trinajstić information content (AvgIpc) is 2.41. The van der Waals surface area contributed by atoms with Gasteiger partial charge in [0, 0.05) is 35.4 Å². The van der Waals surface area contributed by atoms with Crippen molar-refractivity contribution in [1.29, 1.82) is 0 Å². The summed E-state index contributed by atoms with van der Waals surface area (Å²) in [6, 6.07) is 4.46. The van der Waals surface area contributed by atoms with Crippen LogP contribution in [-0.4, -0.2) is 29.8 Å². The smallest absolute Gasteiger partial charge is 0.0810 e. The summed E-state index contributed by atoms with van der Waals surface area (Å²) in [5.74, 6) is 0. The van der Waals surface area contributed by atoms with E-state index >= 15 is 0 Å². The minimum atomic E-state index is -0.0665. The van der Waals surface area contributed by atoms with Crippen molar-refractivity contribution < 1.29 is 4.74 Å². The van der Waals surface area contributed by atoms with Crippen molar-refractivity contribution in [2.45, 2.75) is 51.2 Å². The molecule has 1 aliphatic rings. The molecular formula is C15H23BrN2O. The molecule has 1 fully saturated rings. The Morgan fingerprint density at radius 1 is 1.47 bits per heavy atom. The molecule has 2 heterocycles. The van der Waals surface area contributed by atoms with Gasteiger partial charge in [-0.25, -0.2) is 0 Å². The van der Waals surface area contributed by atoms with Crippen molar-refractivity contribution in [3.63, 3.8) is 0 Å². The maximum absolute atomic E-state index is 6.08. The van der Waals surface area contributed by atoms with Crippen molar-refractivity contribution >= 4 is 15.9 Å². The number of pyridine rings is 1. The van der Waals surface area contributed by atoms with Gasteiger partial charge < -0.3 is 10.1 Å². The SMILES string of the molecule is CCNC(Cc1ccc(Br)cn1)C1(C)CCCCO1. The highest BCUT2D eigenvalue weighted by atomic mass is 79.9. The fraction of sp³-hybridized carbons (Fsp3) is 0.667. The Hall–Kier alpha value is -0.450. The summed E-state index contributed by atoms with van der Waals surface area (Å²) in [6.07, 6.45) is 6.35. The lowest BCUT2D eigenvalue weighted by molar-refractivity contribution is -0.0882. The topological polar surface area (TPSA) is 34.2 Å². The second-order valence-corrected chi connectivity index (χ2v) is 6.32. The summed E-state index contributed by atoms with van der Waals surface area (Å²) in [5.41, 5.74) is 1.05. The molecule has 0 aliphatic carbocycles. The van der Waals surface area contributed by atoms with E-state index in [9.17, 15) is 0 Å². The van der Waals surface area contributed by atoms with Gasteiger partial charge in [-0.15, -0.1) is 0 Å². The van der Waals surface area contributed by atoms with Crippen LogP contribution in [0.25, 0.3) is 0 Å². The highest BCUT2D eigenvalue weighted by Gasteiger charge is 2.36. The lowest BCUT2D eigenvalue weighted by Gasteiger charge is -2.41. The first kappa shape index (κ1) is 14.9. The second-order valence-electron chi connectivity index (χ2n) is 5.40. The molecule has 0 amide bonds. The molecule has 2 unspecified atom stereocenters. The van der Waals surface area contributed by atoms with Crippen LogP contribution < -0.4 is 5.32 Å². The fourth-order valence-corrected chi connectivity index (χ4v) is 2.95. The van der Waals surface area contributed by atoms with Crippen LogP contribution >= 0.6 is 15.9 Å². The summed E-state index contributed by atoms with van der Waals surface area (Å²) in [7, 11) is 0. The average molecular weight is 327 g/mol. The fourth-order valence-electron chi connectivity index (χ4n) is 2.72.